The number of hydrogen-bond acceptors (Lipinski definition) is 4. The number of carbonyl (C=O) groups is 1. The van der Waals surface area contributed by atoms with Gasteiger partial charge in [-0.15, -0.1) is 0 Å². The van der Waals surface area contributed by atoms with Crippen LogP contribution in [0, 0.1) is 5.92 Å². The van der Waals surface area contributed by atoms with Gasteiger partial charge in [0.1, 0.15) is 0 Å². The van der Waals surface area contributed by atoms with E-state index in [0.717, 1.165) is 12.1 Å². The summed E-state index contributed by atoms with van der Waals surface area (Å²) in [6.45, 7) is 4.18. The topological polar surface area (TPSA) is 52.1 Å². The van der Waals surface area contributed by atoms with Crippen LogP contribution in [-0.4, -0.2) is 23.4 Å². The van der Waals surface area contributed by atoms with E-state index in [0.29, 0.717) is 18.1 Å². The smallest absolute Gasteiger partial charge is 0.216 e. The number of ether oxygens (including phenoxy) is 1. The Kier molecular flexibility index (Phi) is 3.56. The third-order valence-electron chi connectivity index (χ3n) is 1.70. The molecule has 0 fully saturated rings. The summed E-state index contributed by atoms with van der Waals surface area (Å²) in [6.07, 6.45) is 1.45. The van der Waals surface area contributed by atoms with Crippen LogP contribution in [-0.2, 0) is 6.42 Å². The molecule has 0 bridgehead atoms. The molecule has 1 aromatic rings. The van der Waals surface area contributed by atoms with Gasteiger partial charge in [0.25, 0.3) is 0 Å². The Labute approximate surface area is 83.3 Å². The van der Waals surface area contributed by atoms with Crippen LogP contribution in [0.25, 0.3) is 0 Å². The van der Waals surface area contributed by atoms with E-state index in [9.17, 15) is 4.79 Å². The van der Waals surface area contributed by atoms with Crippen LogP contribution in [0.15, 0.2) is 6.07 Å². The second kappa shape index (κ2) is 4.69. The van der Waals surface area contributed by atoms with E-state index in [1.807, 2.05) is 0 Å². The second-order valence-electron chi connectivity index (χ2n) is 3.48. The quantitative estimate of drug-likeness (QED) is 0.681. The van der Waals surface area contributed by atoms with Crippen molar-refractivity contribution in [2.24, 2.45) is 5.92 Å². The molecule has 0 radical (unpaired) electrons. The highest BCUT2D eigenvalue weighted by Gasteiger charge is 2.05. The predicted molar refractivity (Wildman–Crippen MR) is 52.5 cm³/mol. The zero-order valence-corrected chi connectivity index (χ0v) is 8.65. The van der Waals surface area contributed by atoms with Gasteiger partial charge in [-0.05, 0) is 12.3 Å². The van der Waals surface area contributed by atoms with Gasteiger partial charge in [0, 0.05) is 11.8 Å². The van der Waals surface area contributed by atoms with Crippen LogP contribution in [0.4, 0.5) is 0 Å². The Bertz CT molecular complexity index is 324. The Morgan fingerprint density at radius 2 is 2.21 bits per heavy atom. The van der Waals surface area contributed by atoms with Crippen molar-refractivity contribution in [1.82, 2.24) is 9.97 Å². The van der Waals surface area contributed by atoms with Crippen LogP contribution < -0.4 is 4.74 Å². The van der Waals surface area contributed by atoms with Gasteiger partial charge in [-0.3, -0.25) is 4.79 Å². The standard InChI is InChI=1S/C10H14N2O2/c1-7(2)4-8-5-10(14-3)12-9(6-13)11-8/h5-7H,4H2,1-3H3. The van der Waals surface area contributed by atoms with Crippen LogP contribution in [0.5, 0.6) is 5.88 Å². The molecule has 0 saturated heterocycles. The molecule has 1 aromatic heterocycles. The highest BCUT2D eigenvalue weighted by molar-refractivity contribution is 5.68. The maximum Gasteiger partial charge on any atom is 0.216 e. The molecular formula is C10H14N2O2. The summed E-state index contributed by atoms with van der Waals surface area (Å²) in [5, 5.41) is 0. The molecule has 4 nitrogen and oxygen atoms in total. The zero-order valence-electron chi connectivity index (χ0n) is 8.65. The fourth-order valence-electron chi connectivity index (χ4n) is 1.17. The average Bonchev–Trinajstić information content (AvgIpc) is 2.16. The molecule has 0 atom stereocenters. The van der Waals surface area contributed by atoms with Crippen molar-refractivity contribution in [1.29, 1.82) is 0 Å². The van der Waals surface area contributed by atoms with E-state index in [2.05, 4.69) is 23.8 Å². The molecule has 0 spiro atoms. The van der Waals surface area contributed by atoms with Crippen LogP contribution in [0.1, 0.15) is 30.2 Å². The molecule has 0 saturated carbocycles. The first-order valence-corrected chi connectivity index (χ1v) is 4.53. The third-order valence-corrected chi connectivity index (χ3v) is 1.70. The molecule has 0 aliphatic heterocycles. The molecule has 1 heterocycles. The zero-order chi connectivity index (χ0) is 10.6. The number of nitrogens with zero attached hydrogens (tertiary/aromatic N) is 2. The van der Waals surface area contributed by atoms with Crippen molar-refractivity contribution in [3.05, 3.63) is 17.6 Å². The SMILES string of the molecule is COc1cc(CC(C)C)nc(C=O)n1. The number of aldehydes is 1. The molecule has 0 aliphatic rings. The highest BCUT2D eigenvalue weighted by atomic mass is 16.5. The predicted octanol–water partition coefficient (Wildman–Crippen LogP) is 1.50. The van der Waals surface area contributed by atoms with E-state index < -0.39 is 0 Å². The Hall–Kier alpha value is -1.45. The number of aromatic nitrogens is 2. The summed E-state index contributed by atoms with van der Waals surface area (Å²) in [4.78, 5) is 18.5. The minimum absolute atomic E-state index is 0.181. The fraction of sp³-hybridized carbons (Fsp3) is 0.500. The van der Waals surface area contributed by atoms with Crippen molar-refractivity contribution in [2.75, 3.05) is 7.11 Å². The summed E-state index contributed by atoms with van der Waals surface area (Å²) in [6, 6.07) is 1.76. The van der Waals surface area contributed by atoms with Crippen molar-refractivity contribution in [3.8, 4) is 5.88 Å². The molecule has 4 heteroatoms. The summed E-state index contributed by atoms with van der Waals surface area (Å²) in [5.74, 6) is 1.12. The first-order chi connectivity index (χ1) is 6.65. The lowest BCUT2D eigenvalue weighted by Crippen LogP contribution is -2.03. The van der Waals surface area contributed by atoms with Gasteiger partial charge in [0.2, 0.25) is 5.88 Å². The van der Waals surface area contributed by atoms with Crippen molar-refractivity contribution in [3.63, 3.8) is 0 Å². The van der Waals surface area contributed by atoms with Crippen molar-refractivity contribution < 1.29 is 9.53 Å². The van der Waals surface area contributed by atoms with Crippen molar-refractivity contribution in [2.45, 2.75) is 20.3 Å². The van der Waals surface area contributed by atoms with E-state index >= 15 is 0 Å². The molecule has 0 amide bonds. The third kappa shape index (κ3) is 2.80. The lowest BCUT2D eigenvalue weighted by molar-refractivity contribution is 0.111. The minimum atomic E-state index is 0.181. The average molecular weight is 194 g/mol. The van der Waals surface area contributed by atoms with Gasteiger partial charge in [-0.2, -0.15) is 4.98 Å². The molecule has 14 heavy (non-hydrogen) atoms. The van der Waals surface area contributed by atoms with E-state index in [4.69, 9.17) is 4.74 Å². The molecule has 0 unspecified atom stereocenters. The number of hydrogen-bond donors (Lipinski definition) is 0. The molecule has 0 N–H and O–H groups in total. The van der Waals surface area contributed by atoms with Gasteiger partial charge in [-0.25, -0.2) is 4.98 Å². The Balaban J connectivity index is 2.98. The Morgan fingerprint density at radius 3 is 2.71 bits per heavy atom. The van der Waals surface area contributed by atoms with E-state index in [-0.39, 0.29) is 5.82 Å². The number of methoxy groups -OCH3 is 1. The lowest BCUT2D eigenvalue weighted by Gasteiger charge is -2.06. The van der Waals surface area contributed by atoms with Gasteiger partial charge in [-0.1, -0.05) is 13.8 Å². The fourth-order valence-corrected chi connectivity index (χ4v) is 1.17. The number of rotatable bonds is 4. The van der Waals surface area contributed by atoms with Gasteiger partial charge in [0.15, 0.2) is 12.1 Å². The van der Waals surface area contributed by atoms with Crippen LogP contribution in [0.3, 0.4) is 0 Å². The lowest BCUT2D eigenvalue weighted by atomic mass is 10.1. The molecule has 0 aliphatic carbocycles. The van der Waals surface area contributed by atoms with Gasteiger partial charge in [0.05, 0.1) is 7.11 Å². The summed E-state index contributed by atoms with van der Waals surface area (Å²) >= 11 is 0. The normalized spacial score (nSPS) is 10.3. The van der Waals surface area contributed by atoms with E-state index in [1.165, 1.54) is 7.11 Å². The molecular weight excluding hydrogens is 180 g/mol. The van der Waals surface area contributed by atoms with E-state index in [1.54, 1.807) is 6.07 Å². The van der Waals surface area contributed by atoms with Crippen LogP contribution >= 0.6 is 0 Å². The summed E-state index contributed by atoms with van der Waals surface area (Å²) < 4.78 is 4.97. The Morgan fingerprint density at radius 1 is 1.50 bits per heavy atom. The monoisotopic (exact) mass is 194 g/mol. The highest BCUT2D eigenvalue weighted by Crippen LogP contribution is 2.11. The summed E-state index contributed by atoms with van der Waals surface area (Å²) in [5.41, 5.74) is 0.842. The molecule has 0 aromatic carbocycles. The van der Waals surface area contributed by atoms with Crippen LogP contribution in [0.2, 0.25) is 0 Å². The second-order valence-corrected chi connectivity index (χ2v) is 3.48. The maximum absolute atomic E-state index is 10.5. The molecule has 1 rings (SSSR count). The minimum Gasteiger partial charge on any atom is -0.481 e. The largest absolute Gasteiger partial charge is 0.481 e. The van der Waals surface area contributed by atoms with Crippen molar-refractivity contribution >= 4 is 6.29 Å². The number of carbonyl (C=O) groups excluding carboxylic acids is 1. The summed E-state index contributed by atoms with van der Waals surface area (Å²) in [7, 11) is 1.52. The maximum atomic E-state index is 10.5. The molecule has 76 valence electrons. The van der Waals surface area contributed by atoms with Gasteiger partial charge >= 0.3 is 0 Å². The van der Waals surface area contributed by atoms with Gasteiger partial charge < -0.3 is 4.74 Å². The first kappa shape index (κ1) is 10.6. The first-order valence-electron chi connectivity index (χ1n) is 4.53.